The van der Waals surface area contributed by atoms with Crippen LogP contribution in [-0.2, 0) is 0 Å². The number of nitrogens with two attached hydrogens (primary N) is 1. The van der Waals surface area contributed by atoms with E-state index in [4.69, 9.17) is 29.2 Å². The lowest BCUT2D eigenvalue weighted by atomic mass is 10.2. The van der Waals surface area contributed by atoms with Gasteiger partial charge in [-0.3, -0.25) is 0 Å². The number of hydrogen-bond acceptors (Lipinski definition) is 12. The highest BCUT2D eigenvalue weighted by Crippen LogP contribution is 2.42. The van der Waals surface area contributed by atoms with Crippen LogP contribution in [0, 0.1) is 0 Å². The van der Waals surface area contributed by atoms with Crippen molar-refractivity contribution in [2.24, 2.45) is 0 Å². The molecule has 0 aliphatic carbocycles. The van der Waals surface area contributed by atoms with Gasteiger partial charge in [0.2, 0.25) is 11.6 Å². The smallest absolute Gasteiger partial charge is 0.272 e. The van der Waals surface area contributed by atoms with E-state index in [9.17, 15) is 0 Å². The van der Waals surface area contributed by atoms with Gasteiger partial charge in [0.25, 0.3) is 5.89 Å². The molecule has 3 aromatic carbocycles. The molecule has 0 spiro atoms. The van der Waals surface area contributed by atoms with Crippen molar-refractivity contribution < 1.29 is 23.5 Å². The minimum atomic E-state index is 0.263. The molecule has 0 aliphatic rings. The number of ether oxygens (including phenoxy) is 4. The number of nitrogen functional groups attached to an aromatic ring is 1. The number of methoxy groups -OCH3 is 4. The molecule has 0 saturated carbocycles. The molecule has 0 atom stereocenters. The summed E-state index contributed by atoms with van der Waals surface area (Å²) >= 11 is 1.28. The number of hydrogen-bond donors (Lipinski definition) is 3. The number of thiazole rings is 1. The highest BCUT2D eigenvalue weighted by Gasteiger charge is 2.20. The van der Waals surface area contributed by atoms with Gasteiger partial charge in [-0.1, -0.05) is 34.7 Å². The molecule has 0 unspecified atom stereocenters. The molecule has 0 bridgehead atoms. The molecule has 0 saturated heterocycles. The Morgan fingerprint density at radius 3 is 2.18 bits per heavy atom. The highest BCUT2D eigenvalue weighted by molar-refractivity contribution is 7.19. The summed E-state index contributed by atoms with van der Waals surface area (Å²) in [5.74, 6) is 3.22. The second-order valence-electron chi connectivity index (χ2n) is 8.13. The van der Waals surface area contributed by atoms with E-state index in [0.29, 0.717) is 38.8 Å². The number of aromatic nitrogens is 3. The van der Waals surface area contributed by atoms with Gasteiger partial charge in [0.05, 0.1) is 28.4 Å². The van der Waals surface area contributed by atoms with E-state index in [-0.39, 0.29) is 11.7 Å². The molecule has 0 radical (unpaired) electrons. The van der Waals surface area contributed by atoms with Crippen molar-refractivity contribution in [2.75, 3.05) is 44.8 Å². The van der Waals surface area contributed by atoms with E-state index in [1.165, 1.54) is 11.3 Å². The summed E-state index contributed by atoms with van der Waals surface area (Å²) in [6.45, 7) is 0. The quantitative estimate of drug-likeness (QED) is 0.191. The van der Waals surface area contributed by atoms with Crippen molar-refractivity contribution in [2.45, 2.75) is 0 Å². The largest absolute Gasteiger partial charge is 0.497 e. The number of benzene rings is 3. The van der Waals surface area contributed by atoms with Crippen molar-refractivity contribution in [3.05, 3.63) is 60.7 Å². The summed E-state index contributed by atoms with van der Waals surface area (Å²) in [6.07, 6.45) is 0. The minimum absolute atomic E-state index is 0.263. The van der Waals surface area contributed by atoms with Crippen LogP contribution in [0.1, 0.15) is 0 Å². The van der Waals surface area contributed by atoms with E-state index >= 15 is 0 Å². The van der Waals surface area contributed by atoms with Crippen LogP contribution in [-0.4, -0.2) is 43.6 Å². The third kappa shape index (κ3) is 5.50. The lowest BCUT2D eigenvalue weighted by Crippen LogP contribution is -1.97. The zero-order chi connectivity index (χ0) is 27.4. The van der Waals surface area contributed by atoms with Gasteiger partial charge in [-0.15, -0.1) is 0 Å². The molecule has 0 amide bonds. The van der Waals surface area contributed by atoms with Gasteiger partial charge < -0.3 is 39.8 Å². The Kier molecular flexibility index (Phi) is 7.37. The Labute approximate surface area is 228 Å². The van der Waals surface area contributed by atoms with E-state index < -0.39 is 0 Å². The Bertz CT molecular complexity index is 1580. The molecule has 2 heterocycles. The first-order chi connectivity index (χ1) is 19.0. The average molecular weight is 547 g/mol. The van der Waals surface area contributed by atoms with Crippen LogP contribution >= 0.6 is 11.3 Å². The first kappa shape index (κ1) is 25.7. The third-order valence-corrected chi connectivity index (χ3v) is 6.64. The van der Waals surface area contributed by atoms with Gasteiger partial charge in [0, 0.05) is 40.8 Å². The summed E-state index contributed by atoms with van der Waals surface area (Å²) < 4.78 is 27.1. The van der Waals surface area contributed by atoms with Gasteiger partial charge in [-0.05, 0) is 24.3 Å². The van der Waals surface area contributed by atoms with Gasteiger partial charge in [0.15, 0.2) is 16.6 Å². The summed E-state index contributed by atoms with van der Waals surface area (Å²) in [5, 5.41) is 11.3. The van der Waals surface area contributed by atoms with Crippen LogP contribution in [0.4, 0.5) is 28.0 Å². The molecule has 2 aromatic heterocycles. The fraction of sp³-hybridized carbons (Fsp3) is 0.148. The lowest BCUT2D eigenvalue weighted by molar-refractivity contribution is 0.324. The highest BCUT2D eigenvalue weighted by atomic mass is 32.1. The zero-order valence-electron chi connectivity index (χ0n) is 21.6. The van der Waals surface area contributed by atoms with Gasteiger partial charge in [-0.2, -0.15) is 4.98 Å². The summed E-state index contributed by atoms with van der Waals surface area (Å²) in [7, 11) is 6.29. The predicted octanol–water partition coefficient (Wildman–Crippen LogP) is 5.96. The van der Waals surface area contributed by atoms with Crippen molar-refractivity contribution >= 4 is 39.3 Å². The Balaban J connectivity index is 1.36. The number of rotatable bonds is 10. The van der Waals surface area contributed by atoms with Crippen molar-refractivity contribution in [3.63, 3.8) is 0 Å². The third-order valence-electron chi connectivity index (χ3n) is 5.67. The molecule has 0 aliphatic heterocycles. The van der Waals surface area contributed by atoms with Crippen molar-refractivity contribution in [3.8, 4) is 45.2 Å². The second-order valence-corrected chi connectivity index (χ2v) is 9.13. The van der Waals surface area contributed by atoms with Crippen LogP contribution in [0.5, 0.6) is 23.0 Å². The monoisotopic (exact) mass is 546 g/mol. The van der Waals surface area contributed by atoms with E-state index in [1.54, 1.807) is 40.6 Å². The molecule has 5 aromatic rings. The van der Waals surface area contributed by atoms with Crippen LogP contribution in [0.15, 0.2) is 65.2 Å². The molecule has 11 nitrogen and oxygen atoms in total. The van der Waals surface area contributed by atoms with Crippen LogP contribution in [0.3, 0.4) is 0 Å². The first-order valence-electron chi connectivity index (χ1n) is 11.7. The molecule has 12 heteroatoms. The maximum atomic E-state index is 6.21. The maximum absolute atomic E-state index is 6.21. The molecular formula is C27H26N6O5S. The summed E-state index contributed by atoms with van der Waals surface area (Å²) in [5.41, 5.74) is 9.42. The fourth-order valence-electron chi connectivity index (χ4n) is 3.85. The maximum Gasteiger partial charge on any atom is 0.272 e. The summed E-state index contributed by atoms with van der Waals surface area (Å²) in [4.78, 5) is 9.53. The zero-order valence-corrected chi connectivity index (χ0v) is 22.5. The normalized spacial score (nSPS) is 10.7. The molecule has 200 valence electrons. The van der Waals surface area contributed by atoms with Gasteiger partial charge >= 0.3 is 0 Å². The molecule has 4 N–H and O–H groups in total. The van der Waals surface area contributed by atoms with Gasteiger partial charge in [0.1, 0.15) is 16.4 Å². The van der Waals surface area contributed by atoms with Crippen LogP contribution < -0.4 is 35.3 Å². The molecule has 0 fully saturated rings. The Hall–Kier alpha value is -4.97. The van der Waals surface area contributed by atoms with E-state index in [0.717, 1.165) is 22.7 Å². The number of nitrogens with one attached hydrogen (secondary N) is 2. The van der Waals surface area contributed by atoms with Crippen LogP contribution in [0.2, 0.25) is 0 Å². The van der Waals surface area contributed by atoms with Crippen LogP contribution in [0.25, 0.3) is 22.2 Å². The van der Waals surface area contributed by atoms with E-state index in [1.807, 2.05) is 48.5 Å². The fourth-order valence-corrected chi connectivity index (χ4v) is 4.68. The topological polar surface area (TPSA) is 139 Å². The lowest BCUT2D eigenvalue weighted by Gasteiger charge is -2.14. The van der Waals surface area contributed by atoms with Gasteiger partial charge in [-0.25, -0.2) is 4.98 Å². The summed E-state index contributed by atoms with van der Waals surface area (Å²) in [6, 6.07) is 18.9. The predicted molar refractivity (Wildman–Crippen MR) is 151 cm³/mol. The van der Waals surface area contributed by atoms with Crippen molar-refractivity contribution in [1.29, 1.82) is 0 Å². The number of nitrogens with zero attached hydrogens (tertiary/aromatic N) is 3. The Morgan fingerprint density at radius 1 is 0.769 bits per heavy atom. The second kappa shape index (κ2) is 11.2. The standard InChI is InChI=1S/C27H26N6O5S/c1-34-19-10-6-9-17(12-19)29-16-8-5-7-15(11-16)25-32-26(38-33-25)23-24(28)31-27(39-23)30-18-13-20(35-2)22(37-4)21(14-18)36-3/h5-14,29H,28H2,1-4H3,(H,30,31). The first-order valence-corrected chi connectivity index (χ1v) is 12.5. The average Bonchev–Trinajstić information content (AvgIpc) is 3.59. The SMILES string of the molecule is COc1cccc(Nc2cccc(-c3noc(-c4sc(Nc5cc(OC)c(OC)c(OC)c5)nc4N)n3)c2)c1. The van der Waals surface area contributed by atoms with E-state index in [2.05, 4.69) is 25.8 Å². The Morgan fingerprint density at radius 2 is 1.49 bits per heavy atom. The molecular weight excluding hydrogens is 520 g/mol. The minimum Gasteiger partial charge on any atom is -0.497 e. The van der Waals surface area contributed by atoms with Crippen molar-refractivity contribution in [1.82, 2.24) is 15.1 Å². The molecule has 5 rings (SSSR count). The number of anilines is 5. The molecule has 39 heavy (non-hydrogen) atoms.